The quantitative estimate of drug-likeness (QED) is 0.383. The van der Waals surface area contributed by atoms with Gasteiger partial charge in [-0.2, -0.15) is 5.26 Å². The molecule has 0 radical (unpaired) electrons. The van der Waals surface area contributed by atoms with Gasteiger partial charge in [-0.05, 0) is 41.8 Å². The summed E-state index contributed by atoms with van der Waals surface area (Å²) in [5.74, 6) is -0.737. The minimum Gasteiger partial charge on any atom is -0.493 e. The summed E-state index contributed by atoms with van der Waals surface area (Å²) >= 11 is 0. The van der Waals surface area contributed by atoms with Gasteiger partial charge in [0.1, 0.15) is 11.8 Å². The number of aromatic nitrogens is 3. The Morgan fingerprint density at radius 2 is 1.67 bits per heavy atom. The van der Waals surface area contributed by atoms with Crippen LogP contribution in [0.1, 0.15) is 46.8 Å². The van der Waals surface area contributed by atoms with Gasteiger partial charge in [-0.25, -0.2) is 9.36 Å². The molecule has 190 valence electrons. The molecule has 2 unspecified atom stereocenters. The van der Waals surface area contributed by atoms with Crippen molar-refractivity contribution in [2.24, 2.45) is 0 Å². The highest BCUT2D eigenvalue weighted by Gasteiger charge is 2.50. The highest BCUT2D eigenvalue weighted by Crippen LogP contribution is 2.50. The van der Waals surface area contributed by atoms with Gasteiger partial charge in [0.2, 0.25) is 11.8 Å². The van der Waals surface area contributed by atoms with Crippen molar-refractivity contribution >= 4 is 16.8 Å². The van der Waals surface area contributed by atoms with Gasteiger partial charge in [-0.1, -0.05) is 60.7 Å². The van der Waals surface area contributed by atoms with Crippen LogP contribution in [0.2, 0.25) is 0 Å². The molecule has 2 aromatic heterocycles. The molecule has 2 aliphatic rings. The summed E-state index contributed by atoms with van der Waals surface area (Å²) in [4.78, 5) is 34.0. The summed E-state index contributed by atoms with van der Waals surface area (Å²) in [7, 11) is 0. The van der Waals surface area contributed by atoms with Crippen LogP contribution in [0.15, 0.2) is 95.9 Å². The average Bonchev–Trinajstić information content (AvgIpc) is 3.65. The summed E-state index contributed by atoms with van der Waals surface area (Å²) in [6.45, 7) is 0.395. The number of imidazole rings is 1. The van der Waals surface area contributed by atoms with E-state index in [2.05, 4.69) is 11.1 Å². The molecule has 1 saturated heterocycles. The zero-order valence-electron chi connectivity index (χ0n) is 20.8. The molecule has 4 heterocycles. The number of carbonyl (C=O) groups excluding carboxylic acids is 1. The predicted molar refractivity (Wildman–Crippen MR) is 145 cm³/mol. The third-order valence-electron chi connectivity index (χ3n) is 7.96. The Bertz CT molecular complexity index is 1810. The summed E-state index contributed by atoms with van der Waals surface area (Å²) in [6.07, 6.45) is 2.17. The van der Waals surface area contributed by atoms with Crippen molar-refractivity contribution < 1.29 is 9.90 Å². The van der Waals surface area contributed by atoms with Gasteiger partial charge in [0, 0.05) is 18.1 Å². The molecule has 0 spiro atoms. The highest BCUT2D eigenvalue weighted by molar-refractivity contribution is 5.92. The van der Waals surface area contributed by atoms with E-state index < -0.39 is 12.0 Å². The van der Waals surface area contributed by atoms with Crippen molar-refractivity contribution in [2.75, 3.05) is 6.54 Å². The number of rotatable bonds is 4. The molecule has 7 rings (SSSR count). The van der Waals surface area contributed by atoms with Gasteiger partial charge in [0.25, 0.3) is 0 Å². The number of nitriles is 1. The van der Waals surface area contributed by atoms with Gasteiger partial charge >= 0.3 is 5.69 Å². The number of benzene rings is 3. The van der Waals surface area contributed by atoms with E-state index in [1.54, 1.807) is 35.0 Å². The van der Waals surface area contributed by atoms with Crippen molar-refractivity contribution in [1.82, 2.24) is 19.0 Å². The first-order valence-electron chi connectivity index (χ1n) is 12.8. The first kappa shape index (κ1) is 23.0. The topological polar surface area (TPSA) is 104 Å². The first-order valence-corrected chi connectivity index (χ1v) is 12.8. The fraction of sp³-hybridized carbons (Fsp3) is 0.161. The Morgan fingerprint density at radius 3 is 2.33 bits per heavy atom. The Labute approximate surface area is 223 Å². The van der Waals surface area contributed by atoms with Gasteiger partial charge in [0.15, 0.2) is 0 Å². The maximum atomic E-state index is 14.2. The molecule has 2 bridgehead atoms. The molecule has 0 aliphatic carbocycles. The SMILES string of the molecule is N#Cc1ccc(-n2c(O)c3n(c2=O)C2CC3N(C(=O)C(c3ccccc3)c3ccccc3)C2)c2cccnc12. The van der Waals surface area contributed by atoms with E-state index in [0.29, 0.717) is 40.8 Å². The monoisotopic (exact) mass is 513 g/mol. The number of aromatic hydroxyl groups is 1. The molecule has 0 saturated carbocycles. The van der Waals surface area contributed by atoms with E-state index in [9.17, 15) is 20.0 Å². The van der Waals surface area contributed by atoms with Crippen LogP contribution in [0.4, 0.5) is 0 Å². The van der Waals surface area contributed by atoms with E-state index in [1.807, 2.05) is 65.6 Å². The number of nitrogens with zero attached hydrogens (tertiary/aromatic N) is 5. The van der Waals surface area contributed by atoms with Crippen LogP contribution in [-0.4, -0.2) is 36.6 Å². The predicted octanol–water partition coefficient (Wildman–Crippen LogP) is 4.42. The number of hydrogen-bond acceptors (Lipinski definition) is 5. The van der Waals surface area contributed by atoms with Crippen molar-refractivity contribution in [3.8, 4) is 17.6 Å². The fourth-order valence-corrected chi connectivity index (χ4v) is 6.28. The Balaban J connectivity index is 1.33. The molecule has 1 fully saturated rings. The second kappa shape index (κ2) is 8.71. The minimum absolute atomic E-state index is 0.0567. The van der Waals surface area contributed by atoms with Crippen molar-refractivity contribution in [3.63, 3.8) is 0 Å². The summed E-state index contributed by atoms with van der Waals surface area (Å²) in [6, 6.07) is 27.6. The van der Waals surface area contributed by atoms with Crippen LogP contribution in [0, 0.1) is 11.3 Å². The Morgan fingerprint density at radius 1 is 0.974 bits per heavy atom. The average molecular weight is 514 g/mol. The Hall–Kier alpha value is -5.16. The van der Waals surface area contributed by atoms with E-state index in [-0.39, 0.29) is 23.5 Å². The third-order valence-corrected chi connectivity index (χ3v) is 7.96. The normalized spacial score (nSPS) is 17.5. The molecule has 39 heavy (non-hydrogen) atoms. The number of pyridine rings is 1. The maximum absolute atomic E-state index is 14.2. The highest BCUT2D eigenvalue weighted by atomic mass is 16.3. The second-order valence-electron chi connectivity index (χ2n) is 9.99. The molecule has 5 aromatic rings. The van der Waals surface area contributed by atoms with Crippen LogP contribution in [0.3, 0.4) is 0 Å². The summed E-state index contributed by atoms with van der Waals surface area (Å²) in [5, 5.41) is 21.6. The van der Waals surface area contributed by atoms with Gasteiger partial charge < -0.3 is 10.0 Å². The van der Waals surface area contributed by atoms with E-state index in [4.69, 9.17) is 0 Å². The van der Waals surface area contributed by atoms with E-state index in [1.165, 1.54) is 4.57 Å². The van der Waals surface area contributed by atoms with Gasteiger partial charge in [0.05, 0.1) is 34.8 Å². The maximum Gasteiger partial charge on any atom is 0.336 e. The Kier molecular flexibility index (Phi) is 5.13. The van der Waals surface area contributed by atoms with Crippen molar-refractivity contribution in [3.05, 3.63) is 124 Å². The van der Waals surface area contributed by atoms with Crippen LogP contribution < -0.4 is 5.69 Å². The standard InChI is InChI=1S/C31H23N5O3/c32-17-21-13-14-24(23-12-7-15-33-27(21)23)36-30(38)28-25-16-22(35(28)31(36)39)18-34(25)29(37)26(19-8-3-1-4-9-19)20-10-5-2-6-11-20/h1-15,22,25-26,38H,16,18H2. The number of hydrogen-bond donors (Lipinski definition) is 1. The lowest BCUT2D eigenvalue weighted by atomic mass is 9.89. The molecular formula is C31H23N5O3. The molecule has 2 aliphatic heterocycles. The molecule has 1 N–H and O–H groups in total. The third kappa shape index (κ3) is 3.33. The number of likely N-dealkylation sites (tertiary alicyclic amines) is 1. The molecule has 2 atom stereocenters. The molecule has 8 nitrogen and oxygen atoms in total. The zero-order chi connectivity index (χ0) is 26.7. The van der Waals surface area contributed by atoms with E-state index in [0.717, 1.165) is 11.1 Å². The second-order valence-corrected chi connectivity index (χ2v) is 9.99. The minimum atomic E-state index is -0.496. The lowest BCUT2D eigenvalue weighted by Crippen LogP contribution is -2.40. The molecule has 1 amide bonds. The smallest absolute Gasteiger partial charge is 0.336 e. The van der Waals surface area contributed by atoms with Crippen LogP contribution in [-0.2, 0) is 4.79 Å². The lowest BCUT2D eigenvalue weighted by molar-refractivity contribution is -0.133. The number of fused-ring (bicyclic) bond motifs is 6. The van der Waals surface area contributed by atoms with Crippen molar-refractivity contribution in [1.29, 1.82) is 5.26 Å². The zero-order valence-corrected chi connectivity index (χ0v) is 20.8. The van der Waals surface area contributed by atoms with Crippen molar-refractivity contribution in [2.45, 2.75) is 24.4 Å². The molecular weight excluding hydrogens is 490 g/mol. The van der Waals surface area contributed by atoms with Crippen LogP contribution in [0.5, 0.6) is 5.88 Å². The van der Waals surface area contributed by atoms with Gasteiger partial charge in [-0.15, -0.1) is 0 Å². The molecule has 8 heteroatoms. The fourth-order valence-electron chi connectivity index (χ4n) is 6.28. The molecule has 3 aromatic carbocycles. The summed E-state index contributed by atoms with van der Waals surface area (Å²) in [5.41, 5.74) is 3.18. The van der Waals surface area contributed by atoms with E-state index >= 15 is 0 Å². The van der Waals surface area contributed by atoms with Crippen LogP contribution >= 0.6 is 0 Å². The number of carbonyl (C=O) groups is 1. The summed E-state index contributed by atoms with van der Waals surface area (Å²) < 4.78 is 2.91. The van der Waals surface area contributed by atoms with Crippen LogP contribution in [0.25, 0.3) is 16.6 Å². The first-order chi connectivity index (χ1) is 19.1. The largest absolute Gasteiger partial charge is 0.493 e. The lowest BCUT2D eigenvalue weighted by Gasteiger charge is -2.31. The number of amides is 1. The van der Waals surface area contributed by atoms with Gasteiger partial charge in [-0.3, -0.25) is 14.3 Å².